The minimum absolute atomic E-state index is 0.0324. The molecule has 0 aliphatic carbocycles. The van der Waals surface area contributed by atoms with Gasteiger partial charge in [-0.1, -0.05) is 0 Å². The van der Waals surface area contributed by atoms with Gasteiger partial charge in [-0.2, -0.15) is 0 Å². The van der Waals surface area contributed by atoms with Crippen molar-refractivity contribution in [2.75, 3.05) is 44.6 Å². The number of nitrogens with zero attached hydrogens (tertiary/aromatic N) is 5. The van der Waals surface area contributed by atoms with Crippen LogP contribution in [0.5, 0.6) is 0 Å². The zero-order chi connectivity index (χ0) is 31.3. The van der Waals surface area contributed by atoms with Crippen molar-refractivity contribution < 1.29 is 23.6 Å². The van der Waals surface area contributed by atoms with Gasteiger partial charge in [-0.3, -0.25) is 29.5 Å². The summed E-state index contributed by atoms with van der Waals surface area (Å²) >= 11 is 0. The summed E-state index contributed by atoms with van der Waals surface area (Å²) in [5, 5.41) is 6.89. The first-order valence-electron chi connectivity index (χ1n) is 15.8. The predicted octanol–water partition coefficient (Wildman–Crippen LogP) is 3.57. The lowest BCUT2D eigenvalue weighted by molar-refractivity contribution is -0.140. The molecular weight excluding hydrogens is 574 g/mol. The highest BCUT2D eigenvalue weighted by atomic mass is 16.3. The Morgan fingerprint density at radius 2 is 1.67 bits per heavy atom. The standard InChI is InChI=1S/C33H39N7O5/c1-22-18-24-19-25(10-12-28(24)45-22)35-33(37-30(42)23-9-11-26(34-20-23)31(43)39-15-6-7-16-39)36-27-8-2-3-17-40(32(27)44)21-29(41)38-13-4-5-14-38/h9-12,18-20,27H,2-8,13-17,21H2,1H3,(H2,35,36,37,42)/t27-/m0/s1. The molecule has 3 fully saturated rings. The zero-order valence-electron chi connectivity index (χ0n) is 25.6. The molecule has 0 radical (unpaired) electrons. The average Bonchev–Trinajstić information content (AvgIpc) is 3.82. The molecule has 2 aromatic heterocycles. The van der Waals surface area contributed by atoms with E-state index in [9.17, 15) is 19.2 Å². The lowest BCUT2D eigenvalue weighted by Crippen LogP contribution is -2.45. The van der Waals surface area contributed by atoms with Crippen LogP contribution in [0.15, 0.2) is 52.0 Å². The third kappa shape index (κ3) is 7.16. The largest absolute Gasteiger partial charge is 0.461 e. The van der Waals surface area contributed by atoms with Crippen LogP contribution in [0.4, 0.5) is 5.69 Å². The maximum atomic E-state index is 13.7. The number of pyridine rings is 1. The highest BCUT2D eigenvalue weighted by Gasteiger charge is 2.31. The maximum Gasteiger partial charge on any atom is 0.272 e. The maximum absolute atomic E-state index is 13.7. The lowest BCUT2D eigenvalue weighted by Gasteiger charge is -2.25. The highest BCUT2D eigenvalue weighted by molar-refractivity contribution is 6.11. The number of furan rings is 1. The number of carbonyl (C=O) groups is 4. The van der Waals surface area contributed by atoms with Gasteiger partial charge in [0.15, 0.2) is 0 Å². The number of rotatable bonds is 6. The molecule has 3 saturated heterocycles. The Hall–Kier alpha value is -4.74. The summed E-state index contributed by atoms with van der Waals surface area (Å²) in [5.74, 6) is -0.0379. The number of guanidine groups is 1. The number of anilines is 1. The molecule has 12 heteroatoms. The van der Waals surface area contributed by atoms with E-state index >= 15 is 0 Å². The number of nitrogens with one attached hydrogen (secondary N) is 2. The number of aromatic nitrogens is 1. The number of fused-ring (bicyclic) bond motifs is 1. The van der Waals surface area contributed by atoms with Crippen molar-refractivity contribution in [3.8, 4) is 0 Å². The molecule has 6 rings (SSSR count). The second kappa shape index (κ2) is 13.5. The second-order valence-electron chi connectivity index (χ2n) is 12.0. The fraction of sp³-hybridized carbons (Fsp3) is 0.455. The SMILES string of the molecule is Cc1cc2cc(NC(=N[C@H]3CCCCN(CC(=O)N4CCCC4)C3=O)NC(=O)c3ccc(C(=O)N4CCCC4)nc3)ccc2o1. The zero-order valence-corrected chi connectivity index (χ0v) is 25.6. The smallest absolute Gasteiger partial charge is 0.272 e. The van der Waals surface area contributed by atoms with Crippen LogP contribution in [0.2, 0.25) is 0 Å². The molecule has 1 atom stereocenters. The van der Waals surface area contributed by atoms with Gasteiger partial charge in [-0.25, -0.2) is 4.99 Å². The summed E-state index contributed by atoms with van der Waals surface area (Å²) in [6.45, 7) is 5.27. The Labute approximate surface area is 261 Å². The first-order valence-corrected chi connectivity index (χ1v) is 15.8. The van der Waals surface area contributed by atoms with Crippen LogP contribution in [-0.4, -0.2) is 94.6 Å². The Bertz CT molecular complexity index is 1600. The number of hydrogen-bond acceptors (Lipinski definition) is 7. The summed E-state index contributed by atoms with van der Waals surface area (Å²) in [5.41, 5.74) is 1.91. The van der Waals surface area contributed by atoms with Gasteiger partial charge in [0.05, 0.1) is 12.1 Å². The summed E-state index contributed by atoms with van der Waals surface area (Å²) in [6.07, 6.45) is 7.31. The van der Waals surface area contributed by atoms with Crippen LogP contribution in [0.3, 0.4) is 0 Å². The van der Waals surface area contributed by atoms with Gasteiger partial charge in [0.1, 0.15) is 23.1 Å². The fourth-order valence-corrected chi connectivity index (χ4v) is 6.15. The lowest BCUT2D eigenvalue weighted by atomic mass is 10.1. The van der Waals surface area contributed by atoms with Crippen molar-refractivity contribution in [3.63, 3.8) is 0 Å². The van der Waals surface area contributed by atoms with E-state index in [1.165, 1.54) is 6.20 Å². The van der Waals surface area contributed by atoms with Gasteiger partial charge in [0.2, 0.25) is 17.8 Å². The number of aliphatic imine (C=N–C) groups is 1. The summed E-state index contributed by atoms with van der Waals surface area (Å²) in [6, 6.07) is 9.77. The fourth-order valence-electron chi connectivity index (χ4n) is 6.15. The first kappa shape index (κ1) is 30.3. The molecule has 0 saturated carbocycles. The number of aryl methyl sites for hydroxylation is 1. The average molecular weight is 614 g/mol. The van der Waals surface area contributed by atoms with Gasteiger partial charge < -0.3 is 24.4 Å². The van der Waals surface area contributed by atoms with Gasteiger partial charge in [0, 0.05) is 50.0 Å². The molecule has 0 unspecified atom stereocenters. The van der Waals surface area contributed by atoms with Crippen LogP contribution >= 0.6 is 0 Å². The number of benzene rings is 1. The molecule has 12 nitrogen and oxygen atoms in total. The molecule has 0 spiro atoms. The van der Waals surface area contributed by atoms with Gasteiger partial charge in [-0.15, -0.1) is 0 Å². The van der Waals surface area contributed by atoms with Crippen molar-refractivity contribution in [3.05, 3.63) is 59.6 Å². The number of amides is 4. The van der Waals surface area contributed by atoms with Crippen LogP contribution < -0.4 is 10.6 Å². The van der Waals surface area contributed by atoms with E-state index in [0.717, 1.165) is 68.3 Å². The normalized spacial score (nSPS) is 19.2. The summed E-state index contributed by atoms with van der Waals surface area (Å²) in [4.78, 5) is 66.9. The van der Waals surface area contributed by atoms with Gasteiger partial charge in [-0.05, 0) is 88.3 Å². The third-order valence-corrected chi connectivity index (χ3v) is 8.59. The quantitative estimate of drug-likeness (QED) is 0.320. The Morgan fingerprint density at radius 1 is 0.933 bits per heavy atom. The predicted molar refractivity (Wildman–Crippen MR) is 169 cm³/mol. The molecule has 1 aromatic carbocycles. The van der Waals surface area contributed by atoms with Crippen molar-refractivity contribution in [1.82, 2.24) is 25.0 Å². The number of carbonyl (C=O) groups excluding carboxylic acids is 4. The van der Waals surface area contributed by atoms with E-state index in [1.54, 1.807) is 21.9 Å². The summed E-state index contributed by atoms with van der Waals surface area (Å²) in [7, 11) is 0. The van der Waals surface area contributed by atoms with E-state index in [-0.39, 0.29) is 41.5 Å². The van der Waals surface area contributed by atoms with Crippen LogP contribution in [0, 0.1) is 6.92 Å². The van der Waals surface area contributed by atoms with Crippen LogP contribution in [-0.2, 0) is 9.59 Å². The molecule has 0 bridgehead atoms. The Morgan fingerprint density at radius 3 is 2.40 bits per heavy atom. The number of hydrogen-bond donors (Lipinski definition) is 2. The highest BCUT2D eigenvalue weighted by Crippen LogP contribution is 2.23. The van der Waals surface area contributed by atoms with Crippen molar-refractivity contribution >= 4 is 46.2 Å². The molecule has 4 amide bonds. The molecule has 236 valence electrons. The van der Waals surface area contributed by atoms with E-state index in [0.29, 0.717) is 31.7 Å². The molecule has 2 N–H and O–H groups in total. The molecule has 3 aromatic rings. The van der Waals surface area contributed by atoms with Crippen molar-refractivity contribution in [2.24, 2.45) is 4.99 Å². The van der Waals surface area contributed by atoms with Gasteiger partial charge >= 0.3 is 0 Å². The third-order valence-electron chi connectivity index (χ3n) is 8.59. The summed E-state index contributed by atoms with van der Waals surface area (Å²) < 4.78 is 5.70. The first-order chi connectivity index (χ1) is 21.8. The molecule has 3 aliphatic rings. The van der Waals surface area contributed by atoms with Crippen molar-refractivity contribution in [2.45, 2.75) is 57.9 Å². The Kier molecular flexibility index (Phi) is 9.08. The minimum Gasteiger partial charge on any atom is -0.461 e. The van der Waals surface area contributed by atoms with Crippen molar-refractivity contribution in [1.29, 1.82) is 0 Å². The van der Waals surface area contributed by atoms with Crippen LogP contribution in [0.25, 0.3) is 11.0 Å². The molecular formula is C33H39N7O5. The number of likely N-dealkylation sites (tertiary alicyclic amines) is 3. The molecule has 45 heavy (non-hydrogen) atoms. The van der Waals surface area contributed by atoms with E-state index < -0.39 is 11.9 Å². The van der Waals surface area contributed by atoms with E-state index in [2.05, 4.69) is 15.6 Å². The van der Waals surface area contributed by atoms with E-state index in [1.807, 2.05) is 36.1 Å². The second-order valence-corrected chi connectivity index (χ2v) is 12.0. The minimum atomic E-state index is -0.778. The molecule has 3 aliphatic heterocycles. The van der Waals surface area contributed by atoms with E-state index in [4.69, 9.17) is 9.41 Å². The van der Waals surface area contributed by atoms with Crippen LogP contribution in [0.1, 0.15) is 71.6 Å². The monoisotopic (exact) mass is 613 g/mol. The topological polar surface area (TPSA) is 140 Å². The Balaban J connectivity index is 1.23. The van der Waals surface area contributed by atoms with Gasteiger partial charge in [0.25, 0.3) is 11.8 Å². The molecule has 5 heterocycles.